The Morgan fingerprint density at radius 2 is 1.82 bits per heavy atom. The normalized spacial score (nSPS) is 18.6. The number of nitrogens with zero attached hydrogens (tertiary/aromatic N) is 1. The largest absolute Gasteiger partial charge is 0.408 e. The van der Waals surface area contributed by atoms with Gasteiger partial charge in [0.25, 0.3) is 0 Å². The van der Waals surface area contributed by atoms with Crippen molar-refractivity contribution in [2.24, 2.45) is 0 Å². The summed E-state index contributed by atoms with van der Waals surface area (Å²) in [4.78, 5) is 0. The van der Waals surface area contributed by atoms with Gasteiger partial charge < -0.3 is 4.74 Å². The first-order valence-electron chi connectivity index (χ1n) is 7.25. The van der Waals surface area contributed by atoms with Crippen LogP contribution in [0, 0.1) is 5.82 Å². The summed E-state index contributed by atoms with van der Waals surface area (Å²) in [5.41, 5.74) is 0.0651. The topological polar surface area (TPSA) is 12.5 Å². The lowest BCUT2D eigenvalue weighted by atomic mass is 10.1. The zero-order valence-electron chi connectivity index (χ0n) is 12.3. The van der Waals surface area contributed by atoms with Gasteiger partial charge in [-0.2, -0.15) is 13.2 Å². The van der Waals surface area contributed by atoms with Crippen molar-refractivity contribution in [3.63, 3.8) is 0 Å². The molecule has 1 unspecified atom stereocenters. The van der Waals surface area contributed by atoms with Crippen molar-refractivity contribution in [1.29, 1.82) is 0 Å². The third-order valence-electron chi connectivity index (χ3n) is 3.55. The third-order valence-corrected chi connectivity index (χ3v) is 5.06. The van der Waals surface area contributed by atoms with Crippen LogP contribution in [0.1, 0.15) is 31.4 Å². The summed E-state index contributed by atoms with van der Waals surface area (Å²) < 4.78 is 60.2. The SMILES string of the molecule is CCN(SC1CCOCC1)C(c1ccc(F)cc1)C(F)(F)F. The molecule has 0 bridgehead atoms. The molecular weight excluding hydrogens is 318 g/mol. The monoisotopic (exact) mass is 337 g/mol. The smallest absolute Gasteiger partial charge is 0.381 e. The van der Waals surface area contributed by atoms with Crippen LogP contribution in [0.5, 0.6) is 0 Å². The van der Waals surface area contributed by atoms with Gasteiger partial charge in [0.05, 0.1) is 0 Å². The minimum absolute atomic E-state index is 0.0651. The van der Waals surface area contributed by atoms with Crippen LogP contribution in [0.2, 0.25) is 0 Å². The molecule has 1 aliphatic heterocycles. The number of alkyl halides is 3. The van der Waals surface area contributed by atoms with E-state index in [4.69, 9.17) is 4.74 Å². The summed E-state index contributed by atoms with van der Waals surface area (Å²) in [5.74, 6) is -0.537. The highest BCUT2D eigenvalue weighted by molar-refractivity contribution is 7.97. The average Bonchev–Trinajstić information content (AvgIpc) is 2.48. The second-order valence-electron chi connectivity index (χ2n) is 5.15. The molecule has 1 aromatic carbocycles. The molecule has 1 atom stereocenters. The van der Waals surface area contributed by atoms with Crippen LogP contribution in [-0.4, -0.2) is 35.5 Å². The van der Waals surface area contributed by atoms with E-state index in [1.165, 1.54) is 28.4 Å². The Morgan fingerprint density at radius 1 is 1.23 bits per heavy atom. The minimum Gasteiger partial charge on any atom is -0.381 e. The van der Waals surface area contributed by atoms with Crippen LogP contribution < -0.4 is 0 Å². The number of hydrogen-bond donors (Lipinski definition) is 0. The Balaban J connectivity index is 2.20. The molecule has 0 radical (unpaired) electrons. The van der Waals surface area contributed by atoms with Gasteiger partial charge in [0.2, 0.25) is 0 Å². The molecule has 0 aliphatic carbocycles. The minimum atomic E-state index is -4.41. The fourth-order valence-corrected chi connectivity index (χ4v) is 3.75. The summed E-state index contributed by atoms with van der Waals surface area (Å²) >= 11 is 1.24. The molecule has 1 aliphatic rings. The summed E-state index contributed by atoms with van der Waals surface area (Å²) in [7, 11) is 0. The van der Waals surface area contributed by atoms with Crippen LogP contribution in [0.15, 0.2) is 24.3 Å². The molecule has 2 rings (SSSR count). The van der Waals surface area contributed by atoms with Crippen molar-refractivity contribution in [3.05, 3.63) is 35.6 Å². The Labute approximate surface area is 132 Å². The molecule has 0 N–H and O–H groups in total. The molecule has 0 aromatic heterocycles. The van der Waals surface area contributed by atoms with E-state index in [2.05, 4.69) is 0 Å². The molecule has 7 heteroatoms. The lowest BCUT2D eigenvalue weighted by Gasteiger charge is -2.35. The van der Waals surface area contributed by atoms with Crippen LogP contribution in [0.4, 0.5) is 17.6 Å². The van der Waals surface area contributed by atoms with Crippen molar-refractivity contribution in [3.8, 4) is 0 Å². The van der Waals surface area contributed by atoms with Gasteiger partial charge in [-0.25, -0.2) is 8.70 Å². The van der Waals surface area contributed by atoms with E-state index < -0.39 is 18.0 Å². The van der Waals surface area contributed by atoms with E-state index in [9.17, 15) is 17.6 Å². The highest BCUT2D eigenvalue weighted by Crippen LogP contribution is 2.42. The predicted octanol–water partition coefficient (Wildman–Crippen LogP) is 4.58. The fraction of sp³-hybridized carbons (Fsp3) is 0.600. The summed E-state index contributed by atoms with van der Waals surface area (Å²) in [6.07, 6.45) is -2.92. The standard InChI is InChI=1S/C15H19F4NOS/c1-2-20(22-13-7-9-21-10-8-13)14(15(17,18)19)11-3-5-12(16)6-4-11/h3-6,13-14H,2,7-10H2,1H3. The molecule has 1 saturated heterocycles. The first-order valence-corrected chi connectivity index (χ1v) is 8.08. The van der Waals surface area contributed by atoms with E-state index in [-0.39, 0.29) is 17.4 Å². The summed E-state index contributed by atoms with van der Waals surface area (Å²) in [6, 6.07) is 2.83. The Kier molecular flexibility index (Phi) is 6.11. The third kappa shape index (κ3) is 4.60. The van der Waals surface area contributed by atoms with Crippen molar-refractivity contribution >= 4 is 11.9 Å². The Bertz CT molecular complexity index is 460. The molecule has 22 heavy (non-hydrogen) atoms. The summed E-state index contributed by atoms with van der Waals surface area (Å²) in [5, 5.41) is 0.124. The van der Waals surface area contributed by atoms with Gasteiger partial charge >= 0.3 is 6.18 Å². The van der Waals surface area contributed by atoms with Gasteiger partial charge in [0, 0.05) is 25.0 Å². The van der Waals surface area contributed by atoms with Gasteiger partial charge in [0.15, 0.2) is 0 Å². The van der Waals surface area contributed by atoms with Crippen LogP contribution >= 0.6 is 11.9 Å². The van der Waals surface area contributed by atoms with E-state index in [1.807, 2.05) is 0 Å². The molecule has 1 fully saturated rings. The van der Waals surface area contributed by atoms with E-state index in [1.54, 1.807) is 6.92 Å². The molecule has 1 aromatic rings. The number of hydrogen-bond acceptors (Lipinski definition) is 3. The number of rotatable bonds is 5. The van der Waals surface area contributed by atoms with Crippen LogP contribution in [-0.2, 0) is 4.74 Å². The van der Waals surface area contributed by atoms with Gasteiger partial charge in [-0.05, 0) is 30.5 Å². The highest BCUT2D eigenvalue weighted by atomic mass is 32.2. The molecule has 2 nitrogen and oxygen atoms in total. The van der Waals surface area contributed by atoms with Crippen molar-refractivity contribution in [2.45, 2.75) is 37.2 Å². The van der Waals surface area contributed by atoms with E-state index in [0.717, 1.165) is 25.0 Å². The van der Waals surface area contributed by atoms with Crippen molar-refractivity contribution in [2.75, 3.05) is 19.8 Å². The van der Waals surface area contributed by atoms with Gasteiger partial charge in [-0.1, -0.05) is 31.0 Å². The highest BCUT2D eigenvalue weighted by Gasteiger charge is 2.45. The van der Waals surface area contributed by atoms with E-state index >= 15 is 0 Å². The lowest BCUT2D eigenvalue weighted by molar-refractivity contribution is -0.172. The second-order valence-corrected chi connectivity index (χ2v) is 6.49. The Hall–Kier alpha value is -0.790. The van der Waals surface area contributed by atoms with E-state index in [0.29, 0.717) is 13.2 Å². The lowest BCUT2D eigenvalue weighted by Crippen LogP contribution is -2.36. The fourth-order valence-electron chi connectivity index (χ4n) is 2.45. The second kappa shape index (κ2) is 7.66. The number of halogens is 4. The maximum absolute atomic E-state index is 13.5. The molecule has 1 heterocycles. The average molecular weight is 337 g/mol. The van der Waals surface area contributed by atoms with Gasteiger partial charge in [0.1, 0.15) is 11.9 Å². The number of ether oxygens (including phenoxy) is 1. The molecule has 0 saturated carbocycles. The molecule has 0 spiro atoms. The van der Waals surface area contributed by atoms with Gasteiger partial charge in [-0.3, -0.25) is 0 Å². The van der Waals surface area contributed by atoms with Crippen LogP contribution in [0.25, 0.3) is 0 Å². The Morgan fingerprint density at radius 3 is 2.32 bits per heavy atom. The quantitative estimate of drug-likeness (QED) is 0.576. The number of benzene rings is 1. The van der Waals surface area contributed by atoms with Crippen molar-refractivity contribution in [1.82, 2.24) is 4.31 Å². The van der Waals surface area contributed by atoms with Gasteiger partial charge in [-0.15, -0.1) is 0 Å². The first kappa shape index (κ1) is 17.6. The first-order chi connectivity index (χ1) is 10.4. The molecule has 124 valence electrons. The molecule has 0 amide bonds. The maximum atomic E-state index is 13.5. The maximum Gasteiger partial charge on any atom is 0.408 e. The molecular formula is C15H19F4NOS. The summed E-state index contributed by atoms with van der Waals surface area (Å²) in [6.45, 7) is 3.13. The zero-order valence-corrected chi connectivity index (χ0v) is 13.1. The van der Waals surface area contributed by atoms with Crippen molar-refractivity contribution < 1.29 is 22.3 Å². The van der Waals surface area contributed by atoms with Crippen LogP contribution in [0.3, 0.4) is 0 Å². The predicted molar refractivity (Wildman–Crippen MR) is 79.0 cm³/mol. The zero-order chi connectivity index (χ0) is 16.2.